The second kappa shape index (κ2) is 6.61. The maximum Gasteiger partial charge on any atom is 0.243 e. The number of anilines is 1. The predicted molar refractivity (Wildman–Crippen MR) is 101 cm³/mol. The van der Waals surface area contributed by atoms with Gasteiger partial charge in [0.25, 0.3) is 0 Å². The minimum Gasteiger partial charge on any atom is -0.378 e. The Hall–Kier alpha value is -1.59. The van der Waals surface area contributed by atoms with E-state index in [0.29, 0.717) is 13.0 Å². The van der Waals surface area contributed by atoms with Crippen LogP contribution in [0.2, 0.25) is 0 Å². The minimum atomic E-state index is -0.808. The third-order valence-electron chi connectivity index (χ3n) is 6.23. The molecule has 3 rings (SSSR count). The first-order valence-corrected chi connectivity index (χ1v) is 9.31. The molecule has 2 fully saturated rings. The van der Waals surface area contributed by atoms with Crippen molar-refractivity contribution >= 4 is 11.6 Å². The molecular weight excluding hydrogens is 314 g/mol. The van der Waals surface area contributed by atoms with Crippen LogP contribution in [0.4, 0.5) is 5.69 Å². The van der Waals surface area contributed by atoms with E-state index in [0.717, 1.165) is 26.2 Å². The summed E-state index contributed by atoms with van der Waals surface area (Å²) in [5, 5.41) is 0. The number of hydrogen-bond acceptors (Lipinski definition) is 4. The highest BCUT2D eigenvalue weighted by Crippen LogP contribution is 2.50. The standard InChI is InChI=1S/C20H31N3O2/c1-5-25-17-14-20(21,19(17,3)4)18(24)23-12-10-22(11-13-23)16-9-7-6-8-15(16)2/h6-9,17H,5,10-14,21H2,1-4H3. The second-order valence-electron chi connectivity index (χ2n) is 7.91. The van der Waals surface area contributed by atoms with Gasteiger partial charge in [-0.25, -0.2) is 0 Å². The largest absolute Gasteiger partial charge is 0.378 e. The molecule has 1 amide bonds. The van der Waals surface area contributed by atoms with Gasteiger partial charge in [0.15, 0.2) is 0 Å². The van der Waals surface area contributed by atoms with Gasteiger partial charge in [-0.1, -0.05) is 32.0 Å². The van der Waals surface area contributed by atoms with Gasteiger partial charge in [-0.3, -0.25) is 4.79 Å². The molecule has 5 heteroatoms. The summed E-state index contributed by atoms with van der Waals surface area (Å²) in [4.78, 5) is 17.4. The van der Waals surface area contributed by atoms with Crippen LogP contribution in [0.3, 0.4) is 0 Å². The zero-order valence-electron chi connectivity index (χ0n) is 15.9. The number of amides is 1. The minimum absolute atomic E-state index is 0.0692. The van der Waals surface area contributed by atoms with E-state index >= 15 is 0 Å². The highest BCUT2D eigenvalue weighted by Gasteiger charge is 2.63. The number of carbonyl (C=O) groups is 1. The number of aryl methyl sites for hydroxylation is 1. The monoisotopic (exact) mass is 345 g/mol. The van der Waals surface area contributed by atoms with Crippen LogP contribution in [0, 0.1) is 12.3 Å². The van der Waals surface area contributed by atoms with Crippen LogP contribution in [0.5, 0.6) is 0 Å². The summed E-state index contributed by atoms with van der Waals surface area (Å²) in [6, 6.07) is 8.41. The zero-order valence-corrected chi connectivity index (χ0v) is 15.9. The molecule has 1 aliphatic heterocycles. The summed E-state index contributed by atoms with van der Waals surface area (Å²) in [5.41, 5.74) is 7.96. The van der Waals surface area contributed by atoms with Crippen LogP contribution in [-0.2, 0) is 9.53 Å². The van der Waals surface area contributed by atoms with E-state index in [1.807, 2.05) is 11.8 Å². The quantitative estimate of drug-likeness (QED) is 0.909. The fraction of sp³-hybridized carbons (Fsp3) is 0.650. The Labute approximate surface area is 151 Å². The van der Waals surface area contributed by atoms with Gasteiger partial charge in [0, 0.05) is 50.3 Å². The molecule has 2 unspecified atom stereocenters. The van der Waals surface area contributed by atoms with Crippen molar-refractivity contribution in [3.63, 3.8) is 0 Å². The number of hydrogen-bond donors (Lipinski definition) is 1. The summed E-state index contributed by atoms with van der Waals surface area (Å²) >= 11 is 0. The number of nitrogens with zero attached hydrogens (tertiary/aromatic N) is 2. The van der Waals surface area contributed by atoms with Gasteiger partial charge in [-0.15, -0.1) is 0 Å². The van der Waals surface area contributed by atoms with Gasteiger partial charge in [-0.2, -0.15) is 0 Å². The molecular formula is C20H31N3O2. The van der Waals surface area contributed by atoms with E-state index in [-0.39, 0.29) is 17.4 Å². The average Bonchev–Trinajstić information content (AvgIpc) is 2.61. The molecule has 0 bridgehead atoms. The Bertz CT molecular complexity index is 638. The van der Waals surface area contributed by atoms with Crippen LogP contribution in [0.25, 0.3) is 0 Å². The van der Waals surface area contributed by atoms with Gasteiger partial charge in [-0.05, 0) is 25.5 Å². The lowest BCUT2D eigenvalue weighted by molar-refractivity contribution is -0.179. The molecule has 138 valence electrons. The van der Waals surface area contributed by atoms with Gasteiger partial charge < -0.3 is 20.3 Å². The third-order valence-corrected chi connectivity index (χ3v) is 6.23. The van der Waals surface area contributed by atoms with Crippen molar-refractivity contribution in [1.82, 2.24) is 4.90 Å². The van der Waals surface area contributed by atoms with Crippen molar-refractivity contribution in [2.45, 2.75) is 45.8 Å². The summed E-state index contributed by atoms with van der Waals surface area (Å²) in [5.74, 6) is 0.0814. The summed E-state index contributed by atoms with van der Waals surface area (Å²) < 4.78 is 5.76. The first-order chi connectivity index (χ1) is 11.8. The number of piperazine rings is 1. The van der Waals surface area contributed by atoms with E-state index in [1.54, 1.807) is 0 Å². The number of nitrogens with two attached hydrogens (primary N) is 1. The number of ether oxygens (including phenoxy) is 1. The first kappa shape index (κ1) is 18.2. The molecule has 0 aromatic heterocycles. The fourth-order valence-corrected chi connectivity index (χ4v) is 4.15. The third kappa shape index (κ3) is 2.93. The van der Waals surface area contributed by atoms with Gasteiger partial charge >= 0.3 is 0 Å². The molecule has 0 radical (unpaired) electrons. The second-order valence-corrected chi connectivity index (χ2v) is 7.91. The molecule has 1 aliphatic carbocycles. The number of benzene rings is 1. The first-order valence-electron chi connectivity index (χ1n) is 9.31. The van der Waals surface area contributed by atoms with Crippen LogP contribution >= 0.6 is 0 Å². The maximum atomic E-state index is 13.1. The summed E-state index contributed by atoms with van der Waals surface area (Å²) in [7, 11) is 0. The number of para-hydroxylation sites is 1. The van der Waals surface area contributed by atoms with Gasteiger partial charge in [0.05, 0.1) is 6.10 Å². The smallest absolute Gasteiger partial charge is 0.243 e. The molecule has 1 heterocycles. The highest BCUT2D eigenvalue weighted by atomic mass is 16.5. The molecule has 2 aliphatic rings. The Kier molecular flexibility index (Phi) is 4.82. The van der Waals surface area contributed by atoms with Crippen LogP contribution < -0.4 is 10.6 Å². The summed E-state index contributed by atoms with van der Waals surface area (Å²) in [6.45, 7) is 12.0. The Balaban J connectivity index is 1.64. The van der Waals surface area contributed by atoms with Crippen LogP contribution in [0.15, 0.2) is 24.3 Å². The molecule has 1 aromatic rings. The molecule has 1 saturated heterocycles. The predicted octanol–water partition coefficient (Wildman–Crippen LogP) is 2.18. The van der Waals surface area contributed by atoms with Crippen molar-refractivity contribution in [3.8, 4) is 0 Å². The van der Waals surface area contributed by atoms with Crippen molar-refractivity contribution in [2.24, 2.45) is 11.1 Å². The SMILES string of the molecule is CCOC1CC(N)(C(=O)N2CCN(c3ccccc3C)CC2)C1(C)C. The molecule has 2 N–H and O–H groups in total. The lowest BCUT2D eigenvalue weighted by atomic mass is 9.54. The van der Waals surface area contributed by atoms with Crippen LogP contribution in [0.1, 0.15) is 32.8 Å². The number of carbonyl (C=O) groups excluding carboxylic acids is 1. The van der Waals surface area contributed by atoms with E-state index in [1.165, 1.54) is 11.3 Å². The Morgan fingerprint density at radius 1 is 1.24 bits per heavy atom. The molecule has 1 saturated carbocycles. The van der Waals surface area contributed by atoms with E-state index in [2.05, 4.69) is 49.9 Å². The normalized spacial score (nSPS) is 28.6. The van der Waals surface area contributed by atoms with Crippen molar-refractivity contribution < 1.29 is 9.53 Å². The zero-order chi connectivity index (χ0) is 18.2. The molecule has 5 nitrogen and oxygen atoms in total. The van der Waals surface area contributed by atoms with Gasteiger partial charge in [0.2, 0.25) is 5.91 Å². The highest BCUT2D eigenvalue weighted by molar-refractivity contribution is 5.89. The van der Waals surface area contributed by atoms with Crippen molar-refractivity contribution in [3.05, 3.63) is 29.8 Å². The Morgan fingerprint density at radius 2 is 1.88 bits per heavy atom. The van der Waals surface area contributed by atoms with Gasteiger partial charge in [0.1, 0.15) is 5.54 Å². The van der Waals surface area contributed by atoms with E-state index in [4.69, 9.17) is 10.5 Å². The molecule has 25 heavy (non-hydrogen) atoms. The summed E-state index contributed by atoms with van der Waals surface area (Å²) in [6.07, 6.45) is 0.685. The molecule has 0 spiro atoms. The topological polar surface area (TPSA) is 58.8 Å². The van der Waals surface area contributed by atoms with Crippen molar-refractivity contribution in [1.29, 1.82) is 0 Å². The molecule has 1 aromatic carbocycles. The molecule has 2 atom stereocenters. The Morgan fingerprint density at radius 3 is 2.44 bits per heavy atom. The lowest BCUT2D eigenvalue weighted by Crippen LogP contribution is -2.76. The average molecular weight is 345 g/mol. The lowest BCUT2D eigenvalue weighted by Gasteiger charge is -2.59. The van der Waals surface area contributed by atoms with E-state index in [9.17, 15) is 4.79 Å². The fourth-order valence-electron chi connectivity index (χ4n) is 4.15. The number of rotatable bonds is 4. The van der Waals surface area contributed by atoms with Crippen molar-refractivity contribution in [2.75, 3.05) is 37.7 Å². The maximum absolute atomic E-state index is 13.1. The van der Waals surface area contributed by atoms with E-state index < -0.39 is 5.54 Å². The van der Waals surface area contributed by atoms with Crippen LogP contribution in [-0.4, -0.2) is 55.2 Å².